The maximum absolute atomic E-state index is 11.4. The van der Waals surface area contributed by atoms with Crippen LogP contribution in [0.25, 0.3) is 0 Å². The fraction of sp³-hybridized carbons (Fsp3) is 0.533. The Balaban J connectivity index is 1.98. The normalized spacial score (nSPS) is 23.5. The second-order valence-electron chi connectivity index (χ2n) is 5.30. The minimum atomic E-state index is -0.288. The van der Waals surface area contributed by atoms with E-state index in [0.717, 1.165) is 19.6 Å². The molecule has 1 aromatic carbocycles. The Morgan fingerprint density at radius 2 is 2.11 bits per heavy atom. The Bertz CT molecular complexity index is 430. The Morgan fingerprint density at radius 3 is 2.63 bits per heavy atom. The minimum Gasteiger partial charge on any atom is -0.465 e. The number of hydrogen-bond donors (Lipinski definition) is 1. The van der Waals surface area contributed by atoms with Gasteiger partial charge < -0.3 is 10.5 Å². The summed E-state index contributed by atoms with van der Waals surface area (Å²) in [4.78, 5) is 13.8. The van der Waals surface area contributed by atoms with E-state index in [0.29, 0.717) is 17.5 Å². The highest BCUT2D eigenvalue weighted by molar-refractivity contribution is 5.89. The number of nitrogens with two attached hydrogens (primary N) is 1. The van der Waals surface area contributed by atoms with E-state index in [2.05, 4.69) is 11.8 Å². The van der Waals surface area contributed by atoms with Crippen molar-refractivity contribution < 1.29 is 9.53 Å². The molecule has 2 N–H and O–H groups in total. The standard InChI is InChI=1S/C15H22N2O2/c1-11-7-13(8-16)10-17(11)9-12-3-5-14(6-4-12)15(18)19-2/h3-6,11,13H,7-10,16H2,1-2H3. The predicted molar refractivity (Wildman–Crippen MR) is 74.8 cm³/mol. The number of likely N-dealkylation sites (tertiary alicyclic amines) is 1. The number of methoxy groups -OCH3 is 1. The van der Waals surface area contributed by atoms with Crippen LogP contribution >= 0.6 is 0 Å². The van der Waals surface area contributed by atoms with E-state index in [9.17, 15) is 4.79 Å². The van der Waals surface area contributed by atoms with Crippen LogP contribution in [0.3, 0.4) is 0 Å². The van der Waals surface area contributed by atoms with Gasteiger partial charge in [0, 0.05) is 19.1 Å². The molecule has 4 nitrogen and oxygen atoms in total. The van der Waals surface area contributed by atoms with E-state index >= 15 is 0 Å². The van der Waals surface area contributed by atoms with E-state index in [1.807, 2.05) is 24.3 Å². The summed E-state index contributed by atoms with van der Waals surface area (Å²) in [5.74, 6) is 0.327. The Kier molecular flexibility index (Phi) is 4.56. The summed E-state index contributed by atoms with van der Waals surface area (Å²) in [6.07, 6.45) is 1.18. The molecule has 0 bridgehead atoms. The number of carbonyl (C=O) groups is 1. The molecule has 1 aromatic rings. The maximum Gasteiger partial charge on any atom is 0.337 e. The van der Waals surface area contributed by atoms with Crippen molar-refractivity contribution in [1.82, 2.24) is 4.90 Å². The van der Waals surface area contributed by atoms with Crippen LogP contribution < -0.4 is 5.73 Å². The van der Waals surface area contributed by atoms with Crippen LogP contribution in [0.15, 0.2) is 24.3 Å². The molecule has 1 aliphatic rings. The van der Waals surface area contributed by atoms with Gasteiger partial charge in [0.2, 0.25) is 0 Å². The first kappa shape index (κ1) is 14.0. The summed E-state index contributed by atoms with van der Waals surface area (Å²) < 4.78 is 4.69. The third-order valence-corrected chi connectivity index (χ3v) is 3.88. The van der Waals surface area contributed by atoms with Crippen molar-refractivity contribution in [2.24, 2.45) is 11.7 Å². The molecule has 0 amide bonds. The number of hydrogen-bond acceptors (Lipinski definition) is 4. The molecule has 19 heavy (non-hydrogen) atoms. The Hall–Kier alpha value is -1.39. The Labute approximate surface area is 114 Å². The summed E-state index contributed by atoms with van der Waals surface area (Å²) >= 11 is 0. The number of rotatable bonds is 4. The average molecular weight is 262 g/mol. The lowest BCUT2D eigenvalue weighted by atomic mass is 10.1. The molecule has 1 fully saturated rings. The lowest BCUT2D eigenvalue weighted by molar-refractivity contribution is 0.0600. The molecule has 2 atom stereocenters. The lowest BCUT2D eigenvalue weighted by Crippen LogP contribution is -2.27. The first-order valence-electron chi connectivity index (χ1n) is 6.75. The first-order chi connectivity index (χ1) is 9.13. The van der Waals surface area contributed by atoms with Gasteiger partial charge in [-0.15, -0.1) is 0 Å². The van der Waals surface area contributed by atoms with Crippen molar-refractivity contribution in [3.8, 4) is 0 Å². The van der Waals surface area contributed by atoms with Crippen LogP contribution in [-0.4, -0.2) is 37.1 Å². The molecular weight excluding hydrogens is 240 g/mol. The summed E-state index contributed by atoms with van der Waals surface area (Å²) in [6.45, 7) is 5.00. The van der Waals surface area contributed by atoms with E-state index in [1.165, 1.54) is 19.1 Å². The molecule has 0 saturated carbocycles. The molecule has 1 aliphatic heterocycles. The number of esters is 1. The van der Waals surface area contributed by atoms with Crippen LogP contribution in [-0.2, 0) is 11.3 Å². The topological polar surface area (TPSA) is 55.6 Å². The molecular formula is C15H22N2O2. The first-order valence-corrected chi connectivity index (χ1v) is 6.75. The van der Waals surface area contributed by atoms with Gasteiger partial charge in [-0.1, -0.05) is 12.1 Å². The van der Waals surface area contributed by atoms with Crippen LogP contribution in [0, 0.1) is 5.92 Å². The van der Waals surface area contributed by atoms with Crippen molar-refractivity contribution >= 4 is 5.97 Å². The quantitative estimate of drug-likeness (QED) is 0.838. The maximum atomic E-state index is 11.4. The minimum absolute atomic E-state index is 0.288. The van der Waals surface area contributed by atoms with Crippen LogP contribution in [0.2, 0.25) is 0 Å². The highest BCUT2D eigenvalue weighted by Crippen LogP contribution is 2.24. The van der Waals surface area contributed by atoms with Crippen molar-refractivity contribution in [3.05, 3.63) is 35.4 Å². The van der Waals surface area contributed by atoms with E-state index in [-0.39, 0.29) is 5.97 Å². The van der Waals surface area contributed by atoms with E-state index < -0.39 is 0 Å². The van der Waals surface area contributed by atoms with Gasteiger partial charge in [-0.05, 0) is 43.5 Å². The molecule has 0 aliphatic carbocycles. The van der Waals surface area contributed by atoms with Gasteiger partial charge in [0.1, 0.15) is 0 Å². The molecule has 1 saturated heterocycles. The smallest absolute Gasteiger partial charge is 0.337 e. The Morgan fingerprint density at radius 1 is 1.42 bits per heavy atom. The van der Waals surface area contributed by atoms with Gasteiger partial charge in [-0.2, -0.15) is 0 Å². The SMILES string of the molecule is COC(=O)c1ccc(CN2CC(CN)CC2C)cc1. The zero-order valence-electron chi connectivity index (χ0n) is 11.6. The van der Waals surface area contributed by atoms with Crippen LogP contribution in [0.4, 0.5) is 0 Å². The number of carbonyl (C=O) groups excluding carboxylic acids is 1. The van der Waals surface area contributed by atoms with Crippen molar-refractivity contribution in [2.75, 3.05) is 20.2 Å². The number of benzene rings is 1. The molecule has 0 radical (unpaired) electrons. The number of nitrogens with zero attached hydrogens (tertiary/aromatic N) is 1. The summed E-state index contributed by atoms with van der Waals surface area (Å²) in [7, 11) is 1.40. The van der Waals surface area contributed by atoms with Crippen molar-refractivity contribution in [1.29, 1.82) is 0 Å². The highest BCUT2D eigenvalue weighted by atomic mass is 16.5. The van der Waals surface area contributed by atoms with Crippen molar-refractivity contribution in [3.63, 3.8) is 0 Å². The van der Waals surface area contributed by atoms with Crippen LogP contribution in [0.5, 0.6) is 0 Å². The summed E-state index contributed by atoms with van der Waals surface area (Å²) in [5, 5.41) is 0. The second-order valence-corrected chi connectivity index (χ2v) is 5.30. The lowest BCUT2D eigenvalue weighted by Gasteiger charge is -2.21. The zero-order chi connectivity index (χ0) is 13.8. The average Bonchev–Trinajstić information content (AvgIpc) is 2.79. The van der Waals surface area contributed by atoms with Gasteiger partial charge in [0.05, 0.1) is 12.7 Å². The van der Waals surface area contributed by atoms with E-state index in [4.69, 9.17) is 10.5 Å². The van der Waals surface area contributed by atoms with Gasteiger partial charge >= 0.3 is 5.97 Å². The van der Waals surface area contributed by atoms with Crippen molar-refractivity contribution in [2.45, 2.75) is 25.9 Å². The summed E-state index contributed by atoms with van der Waals surface area (Å²) in [6, 6.07) is 8.21. The van der Waals surface area contributed by atoms with Gasteiger partial charge in [0.25, 0.3) is 0 Å². The molecule has 0 spiro atoms. The fourth-order valence-electron chi connectivity index (χ4n) is 2.71. The molecule has 104 valence electrons. The molecule has 1 heterocycles. The van der Waals surface area contributed by atoms with Gasteiger partial charge in [-0.3, -0.25) is 4.90 Å². The molecule has 2 rings (SSSR count). The monoisotopic (exact) mass is 262 g/mol. The van der Waals surface area contributed by atoms with E-state index in [1.54, 1.807) is 0 Å². The zero-order valence-corrected chi connectivity index (χ0v) is 11.6. The van der Waals surface area contributed by atoms with Crippen LogP contribution in [0.1, 0.15) is 29.3 Å². The largest absolute Gasteiger partial charge is 0.465 e. The number of ether oxygens (including phenoxy) is 1. The van der Waals surface area contributed by atoms with Gasteiger partial charge in [0.15, 0.2) is 0 Å². The molecule has 4 heteroatoms. The predicted octanol–water partition coefficient (Wildman–Crippen LogP) is 1.64. The van der Waals surface area contributed by atoms with Gasteiger partial charge in [-0.25, -0.2) is 4.79 Å². The second kappa shape index (κ2) is 6.17. The highest BCUT2D eigenvalue weighted by Gasteiger charge is 2.27. The fourth-order valence-corrected chi connectivity index (χ4v) is 2.71. The molecule has 2 unspecified atom stereocenters. The third kappa shape index (κ3) is 3.33. The molecule has 0 aromatic heterocycles. The third-order valence-electron chi connectivity index (χ3n) is 3.88. The summed E-state index contributed by atoms with van der Waals surface area (Å²) in [5.41, 5.74) is 7.56.